The van der Waals surface area contributed by atoms with Gasteiger partial charge in [0.15, 0.2) is 0 Å². The summed E-state index contributed by atoms with van der Waals surface area (Å²) in [5, 5.41) is 20.5. The Bertz CT molecular complexity index is 189. The molecule has 14 heavy (non-hydrogen) atoms. The van der Waals surface area contributed by atoms with Crippen molar-refractivity contribution in [3.8, 4) is 0 Å². The Morgan fingerprint density at radius 1 is 1.50 bits per heavy atom. The summed E-state index contributed by atoms with van der Waals surface area (Å²) in [7, 11) is 0. The summed E-state index contributed by atoms with van der Waals surface area (Å²) in [5.74, 6) is -0.803. The number of aliphatic hydroxyl groups is 1. The van der Waals surface area contributed by atoms with Gasteiger partial charge in [0.2, 0.25) is 0 Å². The number of nitrogens with one attached hydrogen (secondary N) is 1. The molecule has 1 unspecified atom stereocenters. The van der Waals surface area contributed by atoms with Crippen molar-refractivity contribution in [1.82, 2.24) is 5.32 Å². The molecule has 1 fully saturated rings. The van der Waals surface area contributed by atoms with E-state index in [1.807, 2.05) is 0 Å². The van der Waals surface area contributed by atoms with Crippen LogP contribution < -0.4 is 5.32 Å². The summed E-state index contributed by atoms with van der Waals surface area (Å²) in [6.07, 6.45) is 2.01. The maximum Gasteiger partial charge on any atom is 0.323 e. The van der Waals surface area contributed by atoms with E-state index >= 15 is 0 Å². The SMILES string of the molecule is O=C(O)C1(CCOCCO)CCCN1. The third-order valence-corrected chi connectivity index (χ3v) is 2.56. The molecule has 5 heteroatoms. The van der Waals surface area contributed by atoms with Crippen LogP contribution in [0.5, 0.6) is 0 Å². The lowest BCUT2D eigenvalue weighted by Gasteiger charge is -2.24. The summed E-state index contributed by atoms with van der Waals surface area (Å²) >= 11 is 0. The zero-order chi connectivity index (χ0) is 10.4. The van der Waals surface area contributed by atoms with E-state index in [-0.39, 0.29) is 13.2 Å². The molecule has 0 aromatic carbocycles. The number of ether oxygens (including phenoxy) is 1. The van der Waals surface area contributed by atoms with Gasteiger partial charge in [-0.2, -0.15) is 0 Å². The first-order chi connectivity index (χ1) is 6.71. The molecule has 0 radical (unpaired) electrons. The number of rotatable bonds is 6. The van der Waals surface area contributed by atoms with Crippen LogP contribution in [0.2, 0.25) is 0 Å². The number of carbonyl (C=O) groups is 1. The Kier molecular flexibility index (Phi) is 4.31. The monoisotopic (exact) mass is 203 g/mol. The second kappa shape index (κ2) is 5.29. The molecule has 1 aliphatic rings. The first-order valence-corrected chi connectivity index (χ1v) is 4.88. The molecule has 0 aromatic heterocycles. The maximum absolute atomic E-state index is 11.0. The fourth-order valence-corrected chi connectivity index (χ4v) is 1.72. The van der Waals surface area contributed by atoms with Crippen molar-refractivity contribution in [3.63, 3.8) is 0 Å². The molecule has 0 bridgehead atoms. The highest BCUT2D eigenvalue weighted by Crippen LogP contribution is 2.23. The van der Waals surface area contributed by atoms with E-state index in [1.54, 1.807) is 0 Å². The predicted molar refractivity (Wildman–Crippen MR) is 50.1 cm³/mol. The summed E-state index contributed by atoms with van der Waals surface area (Å²) in [6, 6.07) is 0. The average molecular weight is 203 g/mol. The van der Waals surface area contributed by atoms with E-state index in [0.717, 1.165) is 13.0 Å². The second-order valence-corrected chi connectivity index (χ2v) is 3.50. The topological polar surface area (TPSA) is 78.8 Å². The van der Waals surface area contributed by atoms with Crippen LogP contribution in [0.25, 0.3) is 0 Å². The number of hydrogen-bond donors (Lipinski definition) is 3. The molecule has 1 rings (SSSR count). The Labute approximate surface area is 83.1 Å². The number of aliphatic carboxylic acids is 1. The molecule has 1 atom stereocenters. The van der Waals surface area contributed by atoms with Crippen LogP contribution in [0, 0.1) is 0 Å². The molecule has 1 saturated heterocycles. The van der Waals surface area contributed by atoms with Crippen molar-refractivity contribution in [2.75, 3.05) is 26.4 Å². The lowest BCUT2D eigenvalue weighted by atomic mass is 9.94. The quantitative estimate of drug-likeness (QED) is 0.511. The Balaban J connectivity index is 2.33. The lowest BCUT2D eigenvalue weighted by molar-refractivity contribution is -0.145. The lowest BCUT2D eigenvalue weighted by Crippen LogP contribution is -2.48. The number of carboxylic acid groups (broad SMARTS) is 1. The van der Waals surface area contributed by atoms with Gasteiger partial charge in [-0.05, 0) is 25.8 Å². The standard InChI is InChI=1S/C9H17NO4/c11-5-7-14-6-3-9(8(12)13)2-1-4-10-9/h10-11H,1-7H2,(H,12,13). The van der Waals surface area contributed by atoms with Gasteiger partial charge in [-0.25, -0.2) is 0 Å². The van der Waals surface area contributed by atoms with Gasteiger partial charge in [-0.3, -0.25) is 4.79 Å². The van der Waals surface area contributed by atoms with E-state index in [2.05, 4.69) is 5.32 Å². The van der Waals surface area contributed by atoms with Crippen LogP contribution >= 0.6 is 0 Å². The van der Waals surface area contributed by atoms with Crippen molar-refractivity contribution in [3.05, 3.63) is 0 Å². The van der Waals surface area contributed by atoms with Gasteiger partial charge in [0.05, 0.1) is 13.2 Å². The second-order valence-electron chi connectivity index (χ2n) is 3.50. The predicted octanol–water partition coefficient (Wildman–Crippen LogP) is -0.408. The third kappa shape index (κ3) is 2.67. The van der Waals surface area contributed by atoms with Crippen molar-refractivity contribution < 1.29 is 19.7 Å². The first kappa shape index (κ1) is 11.4. The van der Waals surface area contributed by atoms with Crippen LogP contribution in [-0.4, -0.2) is 48.1 Å². The van der Waals surface area contributed by atoms with E-state index in [0.29, 0.717) is 19.4 Å². The van der Waals surface area contributed by atoms with Gasteiger partial charge >= 0.3 is 5.97 Å². The largest absolute Gasteiger partial charge is 0.480 e. The van der Waals surface area contributed by atoms with Crippen LogP contribution in [-0.2, 0) is 9.53 Å². The summed E-state index contributed by atoms with van der Waals surface area (Å²) in [4.78, 5) is 11.0. The minimum Gasteiger partial charge on any atom is -0.480 e. The van der Waals surface area contributed by atoms with Crippen LogP contribution in [0.3, 0.4) is 0 Å². The molecule has 0 aromatic rings. The first-order valence-electron chi connectivity index (χ1n) is 4.88. The Hall–Kier alpha value is -0.650. The highest BCUT2D eigenvalue weighted by molar-refractivity contribution is 5.79. The Morgan fingerprint density at radius 2 is 2.29 bits per heavy atom. The molecule has 5 nitrogen and oxygen atoms in total. The van der Waals surface area contributed by atoms with Crippen molar-refractivity contribution in [2.24, 2.45) is 0 Å². The van der Waals surface area contributed by atoms with Gasteiger partial charge in [-0.1, -0.05) is 0 Å². The van der Waals surface area contributed by atoms with Gasteiger partial charge in [0, 0.05) is 6.61 Å². The summed E-state index contributed by atoms with van der Waals surface area (Å²) < 4.78 is 5.07. The van der Waals surface area contributed by atoms with Crippen LogP contribution in [0.1, 0.15) is 19.3 Å². The fourth-order valence-electron chi connectivity index (χ4n) is 1.72. The molecule has 82 valence electrons. The zero-order valence-electron chi connectivity index (χ0n) is 8.16. The number of hydrogen-bond acceptors (Lipinski definition) is 4. The zero-order valence-corrected chi connectivity index (χ0v) is 8.16. The van der Waals surface area contributed by atoms with Gasteiger partial charge < -0.3 is 20.3 Å². The molecule has 1 heterocycles. The molecule has 1 aliphatic heterocycles. The summed E-state index contributed by atoms with van der Waals surface area (Å²) in [6.45, 7) is 1.38. The van der Waals surface area contributed by atoms with Crippen LogP contribution in [0.15, 0.2) is 0 Å². The molecule has 0 amide bonds. The van der Waals surface area contributed by atoms with Gasteiger partial charge in [-0.15, -0.1) is 0 Å². The highest BCUT2D eigenvalue weighted by atomic mass is 16.5. The summed E-state index contributed by atoms with van der Waals surface area (Å²) in [5.41, 5.74) is -0.796. The Morgan fingerprint density at radius 3 is 2.79 bits per heavy atom. The molecular weight excluding hydrogens is 186 g/mol. The molecule has 0 aliphatic carbocycles. The van der Waals surface area contributed by atoms with E-state index < -0.39 is 11.5 Å². The molecule has 0 saturated carbocycles. The van der Waals surface area contributed by atoms with Crippen molar-refractivity contribution in [1.29, 1.82) is 0 Å². The highest BCUT2D eigenvalue weighted by Gasteiger charge is 2.40. The minimum atomic E-state index is -0.803. The smallest absolute Gasteiger partial charge is 0.323 e. The fraction of sp³-hybridized carbons (Fsp3) is 0.889. The van der Waals surface area contributed by atoms with Crippen molar-refractivity contribution >= 4 is 5.97 Å². The molecular formula is C9H17NO4. The van der Waals surface area contributed by atoms with Gasteiger partial charge in [0.25, 0.3) is 0 Å². The normalized spacial score (nSPS) is 26.6. The molecule has 3 N–H and O–H groups in total. The third-order valence-electron chi connectivity index (χ3n) is 2.56. The van der Waals surface area contributed by atoms with Gasteiger partial charge in [0.1, 0.15) is 5.54 Å². The van der Waals surface area contributed by atoms with E-state index in [4.69, 9.17) is 14.9 Å². The minimum absolute atomic E-state index is 0.0203. The van der Waals surface area contributed by atoms with E-state index in [1.165, 1.54) is 0 Å². The molecule has 0 spiro atoms. The number of aliphatic hydroxyl groups excluding tert-OH is 1. The maximum atomic E-state index is 11.0. The number of carboxylic acids is 1. The van der Waals surface area contributed by atoms with Crippen molar-refractivity contribution in [2.45, 2.75) is 24.8 Å². The van der Waals surface area contributed by atoms with Crippen LogP contribution in [0.4, 0.5) is 0 Å². The van der Waals surface area contributed by atoms with E-state index in [9.17, 15) is 4.79 Å². The average Bonchev–Trinajstić information content (AvgIpc) is 2.62.